The summed E-state index contributed by atoms with van der Waals surface area (Å²) in [5.74, 6) is 1.12. The van der Waals surface area contributed by atoms with Crippen molar-refractivity contribution in [1.82, 2.24) is 0 Å². The summed E-state index contributed by atoms with van der Waals surface area (Å²) in [6.07, 6.45) is 0. The van der Waals surface area contributed by atoms with Gasteiger partial charge in [0.2, 0.25) is 0 Å². The van der Waals surface area contributed by atoms with E-state index in [0.717, 1.165) is 0 Å². The van der Waals surface area contributed by atoms with Crippen LogP contribution in [0.4, 0.5) is 11.4 Å². The van der Waals surface area contributed by atoms with Crippen LogP contribution in [0.2, 0.25) is 0 Å². The van der Waals surface area contributed by atoms with Crippen molar-refractivity contribution in [1.29, 1.82) is 0 Å². The summed E-state index contributed by atoms with van der Waals surface area (Å²) in [6, 6.07) is 13.8. The number of anilines is 2. The van der Waals surface area contributed by atoms with Crippen LogP contribution >= 0.6 is 0 Å². The first-order chi connectivity index (χ1) is 10.3. The van der Waals surface area contributed by atoms with Crippen molar-refractivity contribution in [3.63, 3.8) is 0 Å². The van der Waals surface area contributed by atoms with Crippen LogP contribution in [0.25, 0.3) is 0 Å². The molecule has 0 aromatic heterocycles. The van der Waals surface area contributed by atoms with Crippen LogP contribution < -0.4 is 5.32 Å². The van der Waals surface area contributed by atoms with E-state index in [-0.39, 0.29) is 5.41 Å². The second kappa shape index (κ2) is 5.15. The van der Waals surface area contributed by atoms with Crippen LogP contribution in [0.5, 0.6) is 0 Å². The van der Waals surface area contributed by atoms with Gasteiger partial charge >= 0.3 is 0 Å². The maximum Gasteiger partial charge on any atom is 0.0426 e. The minimum absolute atomic E-state index is 0.0334. The van der Waals surface area contributed by atoms with Gasteiger partial charge in [0.25, 0.3) is 0 Å². The van der Waals surface area contributed by atoms with E-state index in [1.807, 2.05) is 0 Å². The molecule has 0 saturated heterocycles. The number of fused-ring (bicyclic) bond motifs is 2. The lowest BCUT2D eigenvalue weighted by molar-refractivity contribution is 0.633. The summed E-state index contributed by atoms with van der Waals surface area (Å²) in [5.41, 5.74) is 8.18. The van der Waals surface area contributed by atoms with Gasteiger partial charge in [0, 0.05) is 16.8 Å². The number of hydrogen-bond acceptors (Lipinski definition) is 1. The molecule has 2 aromatic carbocycles. The molecule has 2 aromatic rings. The fraction of sp³-hybridized carbons (Fsp3) is 0.429. The Morgan fingerprint density at radius 3 is 1.50 bits per heavy atom. The average Bonchev–Trinajstić information content (AvgIpc) is 2.46. The lowest BCUT2D eigenvalue weighted by Gasteiger charge is -2.37. The normalized spacial score (nSPS) is 15.5. The largest absolute Gasteiger partial charge is 0.355 e. The highest BCUT2D eigenvalue weighted by Gasteiger charge is 2.33. The van der Waals surface area contributed by atoms with Crippen LogP contribution in [0, 0.1) is 0 Å². The third kappa shape index (κ3) is 2.33. The molecule has 0 spiro atoms. The highest BCUT2D eigenvalue weighted by molar-refractivity contribution is 5.76. The first-order valence-corrected chi connectivity index (χ1v) is 8.36. The Balaban J connectivity index is 2.16. The second-order valence-corrected chi connectivity index (χ2v) is 7.67. The van der Waals surface area contributed by atoms with Crippen molar-refractivity contribution in [2.24, 2.45) is 0 Å². The Bertz CT molecular complexity index is 648. The van der Waals surface area contributed by atoms with Gasteiger partial charge in [0.1, 0.15) is 0 Å². The van der Waals surface area contributed by atoms with Gasteiger partial charge in [-0.15, -0.1) is 0 Å². The summed E-state index contributed by atoms with van der Waals surface area (Å²) in [6.45, 7) is 13.7. The molecule has 1 aliphatic heterocycles. The van der Waals surface area contributed by atoms with Crippen LogP contribution in [0.15, 0.2) is 36.4 Å². The fourth-order valence-corrected chi connectivity index (χ4v) is 3.38. The molecule has 0 fully saturated rings. The standard InChI is InChI=1S/C21H27N/c1-13(2)15-7-9-19-17(11-15)21(5,6)18-12-16(14(3)4)8-10-20(18)22-19/h7-14,22H,1-6H3. The summed E-state index contributed by atoms with van der Waals surface area (Å²) in [5, 5.41) is 3.63. The van der Waals surface area contributed by atoms with Crippen molar-refractivity contribution in [2.45, 2.75) is 58.8 Å². The number of nitrogens with one attached hydrogen (secondary N) is 1. The molecule has 3 rings (SSSR count). The predicted molar refractivity (Wildman–Crippen MR) is 96.5 cm³/mol. The van der Waals surface area contributed by atoms with Gasteiger partial charge in [-0.3, -0.25) is 0 Å². The maximum atomic E-state index is 3.63. The van der Waals surface area contributed by atoms with Gasteiger partial charge in [-0.1, -0.05) is 65.8 Å². The average molecular weight is 293 g/mol. The van der Waals surface area contributed by atoms with E-state index in [4.69, 9.17) is 0 Å². The molecule has 22 heavy (non-hydrogen) atoms. The van der Waals surface area contributed by atoms with Gasteiger partial charge < -0.3 is 5.32 Å². The summed E-state index contributed by atoms with van der Waals surface area (Å²) in [4.78, 5) is 0. The summed E-state index contributed by atoms with van der Waals surface area (Å²) in [7, 11) is 0. The SMILES string of the molecule is CC(C)c1ccc2c(c1)C(C)(C)c1cc(C(C)C)ccc1N2. The zero-order chi connectivity index (χ0) is 16.1. The quantitative estimate of drug-likeness (QED) is 0.683. The third-order valence-electron chi connectivity index (χ3n) is 5.04. The molecule has 0 amide bonds. The minimum atomic E-state index is 0.0334. The minimum Gasteiger partial charge on any atom is -0.355 e. The van der Waals surface area contributed by atoms with E-state index in [9.17, 15) is 0 Å². The molecule has 0 atom stereocenters. The highest BCUT2D eigenvalue weighted by atomic mass is 14.9. The first-order valence-electron chi connectivity index (χ1n) is 8.36. The van der Waals surface area contributed by atoms with Crippen LogP contribution in [-0.4, -0.2) is 0 Å². The Labute approximate surface area is 134 Å². The Morgan fingerprint density at radius 2 is 1.14 bits per heavy atom. The van der Waals surface area contributed by atoms with E-state index in [2.05, 4.69) is 83.3 Å². The monoisotopic (exact) mass is 293 g/mol. The van der Waals surface area contributed by atoms with Crippen LogP contribution in [-0.2, 0) is 5.41 Å². The Kier molecular flexibility index (Phi) is 3.55. The van der Waals surface area contributed by atoms with Crippen molar-refractivity contribution < 1.29 is 0 Å². The third-order valence-corrected chi connectivity index (χ3v) is 5.04. The highest BCUT2D eigenvalue weighted by Crippen LogP contribution is 2.46. The number of rotatable bonds is 2. The van der Waals surface area contributed by atoms with Gasteiger partial charge in [-0.2, -0.15) is 0 Å². The van der Waals surface area contributed by atoms with Crippen LogP contribution in [0.3, 0.4) is 0 Å². The molecule has 0 saturated carbocycles. The van der Waals surface area contributed by atoms with Crippen LogP contribution in [0.1, 0.15) is 75.6 Å². The van der Waals surface area contributed by atoms with E-state index < -0.39 is 0 Å². The van der Waals surface area contributed by atoms with E-state index in [0.29, 0.717) is 11.8 Å². The second-order valence-electron chi connectivity index (χ2n) is 7.67. The molecule has 1 heteroatoms. The van der Waals surface area contributed by atoms with E-state index >= 15 is 0 Å². The van der Waals surface area contributed by atoms with Crippen molar-refractivity contribution >= 4 is 11.4 Å². The molecule has 1 nitrogen and oxygen atoms in total. The van der Waals surface area contributed by atoms with E-state index in [1.165, 1.54) is 33.6 Å². The van der Waals surface area contributed by atoms with Crippen molar-refractivity contribution in [3.8, 4) is 0 Å². The summed E-state index contributed by atoms with van der Waals surface area (Å²) >= 11 is 0. The fourth-order valence-electron chi connectivity index (χ4n) is 3.38. The molecule has 1 N–H and O–H groups in total. The van der Waals surface area contributed by atoms with Gasteiger partial charge in [-0.05, 0) is 46.2 Å². The van der Waals surface area contributed by atoms with E-state index in [1.54, 1.807) is 0 Å². The predicted octanol–water partition coefficient (Wildman–Crippen LogP) is 6.32. The molecular formula is C21H27N. The maximum absolute atomic E-state index is 3.63. The number of hydrogen-bond donors (Lipinski definition) is 1. The van der Waals surface area contributed by atoms with Gasteiger partial charge in [0.05, 0.1) is 0 Å². The lowest BCUT2D eigenvalue weighted by Crippen LogP contribution is -2.26. The molecule has 0 unspecified atom stereocenters. The molecule has 0 radical (unpaired) electrons. The topological polar surface area (TPSA) is 12.0 Å². The molecule has 0 aliphatic carbocycles. The zero-order valence-electron chi connectivity index (χ0n) is 14.6. The van der Waals surface area contributed by atoms with Crippen molar-refractivity contribution in [3.05, 3.63) is 58.7 Å². The number of benzene rings is 2. The molecular weight excluding hydrogens is 266 g/mol. The zero-order valence-corrected chi connectivity index (χ0v) is 14.6. The van der Waals surface area contributed by atoms with Crippen molar-refractivity contribution in [2.75, 3.05) is 5.32 Å². The molecule has 1 aliphatic rings. The molecule has 0 bridgehead atoms. The first kappa shape index (κ1) is 15.1. The lowest BCUT2D eigenvalue weighted by atomic mass is 9.72. The Hall–Kier alpha value is -1.76. The molecule has 1 heterocycles. The summed E-state index contributed by atoms with van der Waals surface area (Å²) < 4.78 is 0. The van der Waals surface area contributed by atoms with Gasteiger partial charge in [0.15, 0.2) is 0 Å². The smallest absolute Gasteiger partial charge is 0.0426 e. The molecule has 116 valence electrons. The Morgan fingerprint density at radius 1 is 0.727 bits per heavy atom. The van der Waals surface area contributed by atoms with Gasteiger partial charge in [-0.25, -0.2) is 0 Å².